The number of nitrogens with two attached hydrogens (primary N) is 1. The van der Waals surface area contributed by atoms with E-state index in [1.54, 1.807) is 11.7 Å². The minimum absolute atomic E-state index is 0.00450. The molecule has 19 heavy (non-hydrogen) atoms. The quantitative estimate of drug-likeness (QED) is 0.842. The summed E-state index contributed by atoms with van der Waals surface area (Å²) < 4.78 is 1.56. The number of rotatable bonds is 1. The van der Waals surface area contributed by atoms with Crippen LogP contribution in [0.3, 0.4) is 0 Å². The zero-order chi connectivity index (χ0) is 14.2. The van der Waals surface area contributed by atoms with Crippen LogP contribution in [0.2, 0.25) is 0 Å². The molecule has 0 aromatic carbocycles. The first-order valence-electron chi connectivity index (χ1n) is 6.87. The Labute approximate surface area is 114 Å². The number of nitrogen functional groups attached to an aromatic ring is 1. The van der Waals surface area contributed by atoms with Crippen molar-refractivity contribution in [1.29, 1.82) is 0 Å². The van der Waals surface area contributed by atoms with Gasteiger partial charge in [0.05, 0.1) is 11.9 Å². The number of hydrogen-bond acceptors (Lipinski definition) is 3. The summed E-state index contributed by atoms with van der Waals surface area (Å²) in [4.78, 5) is 14.3. The SMILES string of the molecule is Cn1ncc(N)c1C(=O)N1CCC(C(C)(C)C)CC1. The molecule has 0 aliphatic carbocycles. The Hall–Kier alpha value is -1.52. The highest BCUT2D eigenvalue weighted by atomic mass is 16.2. The van der Waals surface area contributed by atoms with Crippen molar-refractivity contribution in [2.75, 3.05) is 18.8 Å². The summed E-state index contributed by atoms with van der Waals surface area (Å²) in [6, 6.07) is 0. The van der Waals surface area contributed by atoms with Gasteiger partial charge in [0.1, 0.15) is 5.69 Å². The van der Waals surface area contributed by atoms with Gasteiger partial charge in [-0.2, -0.15) is 5.10 Å². The minimum Gasteiger partial charge on any atom is -0.396 e. The second-order valence-corrected chi connectivity index (χ2v) is 6.50. The molecule has 1 saturated heterocycles. The molecule has 0 radical (unpaired) electrons. The van der Waals surface area contributed by atoms with Crippen LogP contribution in [0.5, 0.6) is 0 Å². The van der Waals surface area contributed by atoms with E-state index < -0.39 is 0 Å². The van der Waals surface area contributed by atoms with Crippen molar-refractivity contribution in [3.63, 3.8) is 0 Å². The number of amides is 1. The number of anilines is 1. The molecule has 1 aromatic heterocycles. The fourth-order valence-corrected chi connectivity index (χ4v) is 2.81. The van der Waals surface area contributed by atoms with Crippen LogP contribution in [0.15, 0.2) is 6.20 Å². The summed E-state index contributed by atoms with van der Waals surface area (Å²) >= 11 is 0. The molecule has 2 heterocycles. The van der Waals surface area contributed by atoms with E-state index >= 15 is 0 Å². The second-order valence-electron chi connectivity index (χ2n) is 6.50. The number of carbonyl (C=O) groups excluding carboxylic acids is 1. The largest absolute Gasteiger partial charge is 0.396 e. The van der Waals surface area contributed by atoms with Crippen LogP contribution in [0.4, 0.5) is 5.69 Å². The molecule has 0 spiro atoms. The Kier molecular flexibility index (Phi) is 3.56. The van der Waals surface area contributed by atoms with Crippen LogP contribution in [0.25, 0.3) is 0 Å². The highest BCUT2D eigenvalue weighted by Gasteiger charge is 2.31. The van der Waals surface area contributed by atoms with Crippen molar-refractivity contribution in [2.45, 2.75) is 33.6 Å². The molecule has 0 bridgehead atoms. The summed E-state index contributed by atoms with van der Waals surface area (Å²) in [5, 5.41) is 4.03. The van der Waals surface area contributed by atoms with Crippen LogP contribution in [-0.4, -0.2) is 33.7 Å². The van der Waals surface area contributed by atoms with E-state index in [-0.39, 0.29) is 5.91 Å². The summed E-state index contributed by atoms with van der Waals surface area (Å²) in [7, 11) is 1.76. The molecular weight excluding hydrogens is 240 g/mol. The van der Waals surface area contributed by atoms with E-state index in [0.717, 1.165) is 25.9 Å². The lowest BCUT2D eigenvalue weighted by Crippen LogP contribution is -2.42. The third-order valence-electron chi connectivity index (χ3n) is 4.18. The van der Waals surface area contributed by atoms with Crippen molar-refractivity contribution < 1.29 is 4.79 Å². The Bertz CT molecular complexity index is 445. The number of carbonyl (C=O) groups is 1. The van der Waals surface area contributed by atoms with Gasteiger partial charge >= 0.3 is 0 Å². The molecule has 1 aliphatic rings. The van der Waals surface area contributed by atoms with E-state index in [0.29, 0.717) is 22.7 Å². The first-order valence-corrected chi connectivity index (χ1v) is 6.87. The molecule has 1 fully saturated rings. The molecule has 1 amide bonds. The fourth-order valence-electron chi connectivity index (χ4n) is 2.81. The maximum absolute atomic E-state index is 12.4. The van der Waals surface area contributed by atoms with E-state index in [1.807, 2.05) is 4.90 Å². The van der Waals surface area contributed by atoms with Crippen LogP contribution in [0.1, 0.15) is 44.1 Å². The molecule has 106 valence electrons. The zero-order valence-electron chi connectivity index (χ0n) is 12.3. The smallest absolute Gasteiger partial charge is 0.274 e. The Morgan fingerprint density at radius 1 is 1.37 bits per heavy atom. The van der Waals surface area contributed by atoms with Crippen LogP contribution >= 0.6 is 0 Å². The summed E-state index contributed by atoms with van der Waals surface area (Å²) in [6.45, 7) is 8.44. The number of aromatic nitrogens is 2. The molecule has 1 aliphatic heterocycles. The van der Waals surface area contributed by atoms with Gasteiger partial charge in [-0.25, -0.2) is 0 Å². The van der Waals surface area contributed by atoms with Crippen molar-refractivity contribution in [3.8, 4) is 0 Å². The van der Waals surface area contributed by atoms with Gasteiger partial charge in [-0.3, -0.25) is 9.48 Å². The van der Waals surface area contributed by atoms with Gasteiger partial charge in [0.25, 0.3) is 5.91 Å². The molecule has 2 rings (SSSR count). The summed E-state index contributed by atoms with van der Waals surface area (Å²) in [6.07, 6.45) is 3.66. The summed E-state index contributed by atoms with van der Waals surface area (Å²) in [5.41, 5.74) is 7.11. The first kappa shape index (κ1) is 13.9. The Morgan fingerprint density at radius 2 is 1.95 bits per heavy atom. The molecule has 0 unspecified atom stereocenters. The molecule has 0 atom stereocenters. The van der Waals surface area contributed by atoms with Crippen LogP contribution in [0, 0.1) is 11.3 Å². The average Bonchev–Trinajstić information content (AvgIpc) is 2.67. The van der Waals surface area contributed by atoms with E-state index in [9.17, 15) is 4.79 Å². The predicted molar refractivity (Wildman–Crippen MR) is 75.7 cm³/mol. The number of likely N-dealkylation sites (tertiary alicyclic amines) is 1. The highest BCUT2D eigenvalue weighted by Crippen LogP contribution is 2.34. The predicted octanol–water partition coefficient (Wildman–Crippen LogP) is 1.90. The maximum atomic E-state index is 12.4. The molecule has 0 saturated carbocycles. The molecule has 5 heteroatoms. The molecule has 2 N–H and O–H groups in total. The molecule has 1 aromatic rings. The number of nitrogens with zero attached hydrogens (tertiary/aromatic N) is 3. The number of aryl methyl sites for hydroxylation is 1. The fraction of sp³-hybridized carbons (Fsp3) is 0.714. The van der Waals surface area contributed by atoms with Gasteiger partial charge < -0.3 is 10.6 Å². The van der Waals surface area contributed by atoms with E-state index in [2.05, 4.69) is 25.9 Å². The van der Waals surface area contributed by atoms with Crippen molar-refractivity contribution in [1.82, 2.24) is 14.7 Å². The van der Waals surface area contributed by atoms with Gasteiger partial charge in [0.2, 0.25) is 0 Å². The van der Waals surface area contributed by atoms with Crippen LogP contribution in [-0.2, 0) is 7.05 Å². The van der Waals surface area contributed by atoms with Crippen molar-refractivity contribution >= 4 is 11.6 Å². The van der Waals surface area contributed by atoms with Crippen molar-refractivity contribution in [3.05, 3.63) is 11.9 Å². The van der Waals surface area contributed by atoms with Gasteiger partial charge in [-0.15, -0.1) is 0 Å². The number of piperidine rings is 1. The third kappa shape index (κ3) is 2.74. The second kappa shape index (κ2) is 4.87. The lowest BCUT2D eigenvalue weighted by molar-refractivity contribution is 0.0599. The normalized spacial score (nSPS) is 17.8. The van der Waals surface area contributed by atoms with Gasteiger partial charge in [-0.05, 0) is 24.2 Å². The van der Waals surface area contributed by atoms with Gasteiger partial charge in [0, 0.05) is 20.1 Å². The minimum atomic E-state index is 0.00450. The lowest BCUT2D eigenvalue weighted by Gasteiger charge is -2.38. The zero-order valence-corrected chi connectivity index (χ0v) is 12.3. The third-order valence-corrected chi connectivity index (χ3v) is 4.18. The van der Waals surface area contributed by atoms with Gasteiger partial charge in [0.15, 0.2) is 0 Å². The Morgan fingerprint density at radius 3 is 2.37 bits per heavy atom. The van der Waals surface area contributed by atoms with E-state index in [1.165, 1.54) is 6.20 Å². The van der Waals surface area contributed by atoms with Crippen LogP contribution < -0.4 is 5.73 Å². The highest BCUT2D eigenvalue weighted by molar-refractivity contribution is 5.97. The Balaban J connectivity index is 2.04. The monoisotopic (exact) mass is 264 g/mol. The first-order chi connectivity index (χ1) is 8.80. The average molecular weight is 264 g/mol. The molecular formula is C14H24N4O. The standard InChI is InChI=1S/C14H24N4O/c1-14(2,3)10-5-7-18(8-6-10)13(19)12-11(15)9-16-17(12)4/h9-10H,5-8,15H2,1-4H3. The summed E-state index contributed by atoms with van der Waals surface area (Å²) in [5.74, 6) is 0.685. The van der Waals surface area contributed by atoms with Gasteiger partial charge in [-0.1, -0.05) is 20.8 Å². The number of hydrogen-bond donors (Lipinski definition) is 1. The molecule has 5 nitrogen and oxygen atoms in total. The maximum Gasteiger partial charge on any atom is 0.274 e. The topological polar surface area (TPSA) is 64.2 Å². The van der Waals surface area contributed by atoms with Crippen molar-refractivity contribution in [2.24, 2.45) is 18.4 Å². The lowest BCUT2D eigenvalue weighted by atomic mass is 9.75. The van der Waals surface area contributed by atoms with E-state index in [4.69, 9.17) is 5.73 Å².